The van der Waals surface area contributed by atoms with Crippen molar-refractivity contribution in [3.63, 3.8) is 0 Å². The van der Waals surface area contributed by atoms with Crippen molar-refractivity contribution >= 4 is 37.1 Å². The van der Waals surface area contributed by atoms with Gasteiger partial charge in [-0.2, -0.15) is 9.78 Å². The highest BCUT2D eigenvalue weighted by Gasteiger charge is 2.13. The van der Waals surface area contributed by atoms with E-state index in [0.717, 1.165) is 21.3 Å². The van der Waals surface area contributed by atoms with E-state index in [2.05, 4.69) is 9.82 Å². The predicted molar refractivity (Wildman–Crippen MR) is 118 cm³/mol. The maximum Gasteiger partial charge on any atom is 0.272 e. The quantitative estimate of drug-likeness (QED) is 0.520. The summed E-state index contributed by atoms with van der Waals surface area (Å²) in [5.41, 5.74) is 3.05. The number of thiophene rings is 1. The van der Waals surface area contributed by atoms with E-state index in [1.807, 2.05) is 42.6 Å². The van der Waals surface area contributed by atoms with Crippen molar-refractivity contribution in [2.24, 2.45) is 0 Å². The van der Waals surface area contributed by atoms with Gasteiger partial charge in [0.25, 0.3) is 5.56 Å². The topological polar surface area (TPSA) is 81.1 Å². The van der Waals surface area contributed by atoms with Crippen molar-refractivity contribution in [1.82, 2.24) is 9.78 Å². The molecule has 1 N–H and O–H groups in total. The van der Waals surface area contributed by atoms with Crippen LogP contribution in [0.3, 0.4) is 0 Å². The highest BCUT2D eigenvalue weighted by atomic mass is 32.2. The van der Waals surface area contributed by atoms with Gasteiger partial charge in [-0.05, 0) is 37.6 Å². The summed E-state index contributed by atoms with van der Waals surface area (Å²) in [4.78, 5) is 12.9. The van der Waals surface area contributed by atoms with Crippen molar-refractivity contribution in [3.8, 4) is 16.8 Å². The summed E-state index contributed by atoms with van der Waals surface area (Å²) in [5.74, 6) is -0.0115. The zero-order valence-electron chi connectivity index (χ0n) is 15.9. The number of rotatable bonds is 5. The molecule has 0 radical (unpaired) electrons. The first-order valence-corrected chi connectivity index (χ1v) is 11.6. The summed E-state index contributed by atoms with van der Waals surface area (Å²) < 4.78 is 28.7. The van der Waals surface area contributed by atoms with Gasteiger partial charge in [-0.25, -0.2) is 8.42 Å². The Hall–Kier alpha value is -2.97. The molecule has 0 spiro atoms. The number of benzene rings is 2. The van der Waals surface area contributed by atoms with E-state index in [1.54, 1.807) is 42.5 Å². The lowest BCUT2D eigenvalue weighted by Gasteiger charge is -2.11. The lowest BCUT2D eigenvalue weighted by molar-refractivity contribution is 0.602. The van der Waals surface area contributed by atoms with Crippen LogP contribution in [-0.4, -0.2) is 24.0 Å². The first-order valence-electron chi connectivity index (χ1n) is 9.06. The van der Waals surface area contributed by atoms with Crippen LogP contribution >= 0.6 is 11.3 Å². The fourth-order valence-corrected chi connectivity index (χ4v) is 4.69. The second kappa shape index (κ2) is 7.46. The molecule has 8 heteroatoms. The monoisotopic (exact) mass is 425 g/mol. The van der Waals surface area contributed by atoms with Crippen LogP contribution in [-0.2, 0) is 10.0 Å². The van der Waals surface area contributed by atoms with E-state index in [0.29, 0.717) is 16.9 Å². The highest BCUT2D eigenvalue weighted by molar-refractivity contribution is 7.92. The van der Waals surface area contributed by atoms with Crippen LogP contribution in [0.25, 0.3) is 26.9 Å². The van der Waals surface area contributed by atoms with Gasteiger partial charge in [-0.15, -0.1) is 11.3 Å². The van der Waals surface area contributed by atoms with Gasteiger partial charge in [-0.1, -0.05) is 30.3 Å². The summed E-state index contributed by atoms with van der Waals surface area (Å²) >= 11 is 1.57. The predicted octanol–water partition coefficient (Wildman–Crippen LogP) is 4.18. The average Bonchev–Trinajstić information content (AvgIpc) is 3.13. The summed E-state index contributed by atoms with van der Waals surface area (Å²) in [5, 5.41) is 7.44. The minimum absolute atomic E-state index is 0.0115. The first kappa shape index (κ1) is 19.4. The van der Waals surface area contributed by atoms with Crippen LogP contribution in [0.2, 0.25) is 0 Å². The Bertz CT molecular complexity index is 1370. The highest BCUT2D eigenvalue weighted by Crippen LogP contribution is 2.29. The SMILES string of the molecule is CCS(=O)(=O)Nc1cccc(-c2cc(=O)n(-c3csc4ccccc34)nc2C)c1. The Morgan fingerprint density at radius 2 is 1.90 bits per heavy atom. The molecule has 0 aliphatic rings. The van der Waals surface area contributed by atoms with Crippen LogP contribution in [0.5, 0.6) is 0 Å². The Morgan fingerprint density at radius 3 is 2.69 bits per heavy atom. The third-order valence-corrected chi connectivity index (χ3v) is 6.89. The van der Waals surface area contributed by atoms with Gasteiger partial charge in [0.15, 0.2) is 0 Å². The van der Waals surface area contributed by atoms with Gasteiger partial charge in [0.1, 0.15) is 0 Å². The van der Waals surface area contributed by atoms with E-state index < -0.39 is 10.0 Å². The lowest BCUT2D eigenvalue weighted by Crippen LogP contribution is -2.21. The fraction of sp³-hybridized carbons (Fsp3) is 0.143. The number of hydrogen-bond donors (Lipinski definition) is 1. The Morgan fingerprint density at radius 1 is 1.10 bits per heavy atom. The normalized spacial score (nSPS) is 11.7. The minimum Gasteiger partial charge on any atom is -0.284 e. The summed E-state index contributed by atoms with van der Waals surface area (Å²) in [7, 11) is -3.38. The second-order valence-corrected chi connectivity index (χ2v) is 9.52. The van der Waals surface area contributed by atoms with Gasteiger partial charge in [0.2, 0.25) is 10.0 Å². The van der Waals surface area contributed by atoms with E-state index in [9.17, 15) is 13.2 Å². The van der Waals surface area contributed by atoms with Crippen LogP contribution < -0.4 is 10.3 Å². The van der Waals surface area contributed by atoms with Gasteiger partial charge in [0, 0.05) is 32.8 Å². The molecule has 0 atom stereocenters. The van der Waals surface area contributed by atoms with Crippen LogP contribution in [0.4, 0.5) is 5.69 Å². The molecule has 0 bridgehead atoms. The lowest BCUT2D eigenvalue weighted by atomic mass is 10.0. The molecule has 0 fully saturated rings. The Balaban J connectivity index is 1.78. The molecule has 0 aliphatic carbocycles. The average molecular weight is 426 g/mol. The van der Waals surface area contributed by atoms with Gasteiger partial charge < -0.3 is 0 Å². The molecule has 4 aromatic rings. The summed E-state index contributed by atoms with van der Waals surface area (Å²) in [6.45, 7) is 3.41. The van der Waals surface area contributed by atoms with Crippen molar-refractivity contribution < 1.29 is 8.42 Å². The minimum atomic E-state index is -3.38. The van der Waals surface area contributed by atoms with Crippen molar-refractivity contribution in [2.75, 3.05) is 10.5 Å². The molecule has 4 rings (SSSR count). The van der Waals surface area contributed by atoms with Crippen molar-refractivity contribution in [3.05, 3.63) is 76.0 Å². The zero-order chi connectivity index (χ0) is 20.6. The number of fused-ring (bicyclic) bond motifs is 1. The zero-order valence-corrected chi connectivity index (χ0v) is 17.5. The van der Waals surface area contributed by atoms with Crippen LogP contribution in [0.1, 0.15) is 12.6 Å². The Labute approximate surface area is 172 Å². The number of aryl methyl sites for hydroxylation is 1. The maximum atomic E-state index is 12.9. The molecule has 0 unspecified atom stereocenters. The van der Waals surface area contributed by atoms with E-state index >= 15 is 0 Å². The molecule has 0 saturated carbocycles. The van der Waals surface area contributed by atoms with Gasteiger partial charge in [-0.3, -0.25) is 9.52 Å². The van der Waals surface area contributed by atoms with Gasteiger partial charge >= 0.3 is 0 Å². The van der Waals surface area contributed by atoms with Crippen molar-refractivity contribution in [2.45, 2.75) is 13.8 Å². The molecule has 29 heavy (non-hydrogen) atoms. The standard InChI is InChI=1S/C21H19N3O3S2/c1-3-29(26,27)23-16-8-6-7-15(11-16)18-12-21(25)24(22-14(18)2)19-13-28-20-10-5-4-9-17(19)20/h4-13,23H,3H2,1-2H3. The third kappa shape index (κ3) is 3.81. The molecule has 0 saturated heterocycles. The summed E-state index contributed by atoms with van der Waals surface area (Å²) in [6.07, 6.45) is 0. The van der Waals surface area contributed by atoms with Crippen LogP contribution in [0, 0.1) is 6.92 Å². The van der Waals surface area contributed by atoms with E-state index in [4.69, 9.17) is 0 Å². The molecule has 148 valence electrons. The van der Waals surface area contributed by atoms with Crippen molar-refractivity contribution in [1.29, 1.82) is 0 Å². The molecule has 0 aliphatic heterocycles. The summed E-state index contributed by atoms with van der Waals surface area (Å²) in [6, 6.07) is 16.4. The fourth-order valence-electron chi connectivity index (χ4n) is 3.14. The number of aromatic nitrogens is 2. The number of nitrogens with one attached hydrogen (secondary N) is 1. The number of nitrogens with zero attached hydrogens (tertiary/aromatic N) is 2. The molecular formula is C21H19N3O3S2. The number of anilines is 1. The number of hydrogen-bond acceptors (Lipinski definition) is 5. The van der Waals surface area contributed by atoms with Crippen LogP contribution in [0.15, 0.2) is 64.8 Å². The molecule has 2 heterocycles. The molecule has 2 aromatic carbocycles. The smallest absolute Gasteiger partial charge is 0.272 e. The Kier molecular flexibility index (Phi) is 4.97. The third-order valence-electron chi connectivity index (χ3n) is 4.63. The largest absolute Gasteiger partial charge is 0.284 e. The molecule has 0 amide bonds. The molecule has 2 aromatic heterocycles. The maximum absolute atomic E-state index is 12.9. The second-order valence-electron chi connectivity index (χ2n) is 6.60. The van der Waals surface area contributed by atoms with E-state index in [1.165, 1.54) is 4.68 Å². The molecule has 6 nitrogen and oxygen atoms in total. The van der Waals surface area contributed by atoms with E-state index in [-0.39, 0.29) is 11.3 Å². The van der Waals surface area contributed by atoms with Gasteiger partial charge in [0.05, 0.1) is 17.1 Å². The first-order chi connectivity index (χ1) is 13.9. The molecular weight excluding hydrogens is 406 g/mol. The number of sulfonamides is 1.